The molecule has 3 heteroatoms. The molecule has 0 radical (unpaired) electrons. The van der Waals surface area contributed by atoms with Gasteiger partial charge >= 0.3 is 0 Å². The number of benzene rings is 2. The van der Waals surface area contributed by atoms with Crippen LogP contribution in [0.25, 0.3) is 6.08 Å². The van der Waals surface area contributed by atoms with Crippen molar-refractivity contribution in [2.24, 2.45) is 0 Å². The lowest BCUT2D eigenvalue weighted by molar-refractivity contribution is -0.116. The highest BCUT2D eigenvalue weighted by Crippen LogP contribution is 2.25. The van der Waals surface area contributed by atoms with Gasteiger partial charge in [-0.2, -0.15) is 0 Å². The SMILES string of the molecule is O=C1NC(c2ccccc2)O/C1=C\c1ccccc1. The van der Waals surface area contributed by atoms with Crippen LogP contribution in [0.2, 0.25) is 0 Å². The molecule has 0 aromatic heterocycles. The van der Waals surface area contributed by atoms with Gasteiger partial charge in [-0.15, -0.1) is 0 Å². The van der Waals surface area contributed by atoms with Crippen molar-refractivity contribution in [3.8, 4) is 0 Å². The molecule has 2 aromatic rings. The van der Waals surface area contributed by atoms with E-state index in [1.165, 1.54) is 0 Å². The minimum Gasteiger partial charge on any atom is -0.461 e. The third kappa shape index (κ3) is 2.50. The van der Waals surface area contributed by atoms with Gasteiger partial charge in [0.1, 0.15) is 0 Å². The van der Waals surface area contributed by atoms with Crippen LogP contribution in [0.5, 0.6) is 0 Å². The highest BCUT2D eigenvalue weighted by molar-refractivity contribution is 5.97. The van der Waals surface area contributed by atoms with Crippen molar-refractivity contribution in [2.75, 3.05) is 0 Å². The highest BCUT2D eigenvalue weighted by atomic mass is 16.5. The Balaban J connectivity index is 1.83. The fourth-order valence-electron chi connectivity index (χ4n) is 1.98. The van der Waals surface area contributed by atoms with E-state index in [0.29, 0.717) is 5.76 Å². The van der Waals surface area contributed by atoms with Crippen LogP contribution in [-0.2, 0) is 9.53 Å². The quantitative estimate of drug-likeness (QED) is 0.833. The predicted octanol–water partition coefficient (Wildman–Crippen LogP) is 2.87. The van der Waals surface area contributed by atoms with Gasteiger partial charge in [-0.1, -0.05) is 60.7 Å². The van der Waals surface area contributed by atoms with Crippen LogP contribution in [-0.4, -0.2) is 5.91 Å². The van der Waals surface area contributed by atoms with E-state index in [1.54, 1.807) is 6.08 Å². The van der Waals surface area contributed by atoms with E-state index in [-0.39, 0.29) is 5.91 Å². The van der Waals surface area contributed by atoms with Gasteiger partial charge in [-0.25, -0.2) is 0 Å². The normalized spacial score (nSPS) is 20.1. The summed E-state index contributed by atoms with van der Waals surface area (Å²) in [5.74, 6) is 0.165. The smallest absolute Gasteiger partial charge is 0.289 e. The summed E-state index contributed by atoms with van der Waals surface area (Å²) in [5.41, 5.74) is 1.88. The molecule has 1 fully saturated rings. The maximum Gasteiger partial charge on any atom is 0.289 e. The standard InChI is InChI=1S/C16H13NO2/c18-15-14(11-12-7-3-1-4-8-12)19-16(17-15)13-9-5-2-6-10-13/h1-11,16H,(H,17,18)/b14-11-. The average molecular weight is 251 g/mol. The van der Waals surface area contributed by atoms with Crippen molar-refractivity contribution in [3.63, 3.8) is 0 Å². The Morgan fingerprint density at radius 3 is 2.26 bits per heavy atom. The summed E-state index contributed by atoms with van der Waals surface area (Å²) >= 11 is 0. The second-order valence-corrected chi connectivity index (χ2v) is 4.30. The molecule has 1 aliphatic heterocycles. The highest BCUT2D eigenvalue weighted by Gasteiger charge is 2.28. The number of hydrogen-bond donors (Lipinski definition) is 1. The van der Waals surface area contributed by atoms with E-state index in [4.69, 9.17) is 4.74 Å². The van der Waals surface area contributed by atoms with E-state index in [0.717, 1.165) is 11.1 Å². The van der Waals surface area contributed by atoms with Crippen LogP contribution in [0.3, 0.4) is 0 Å². The molecule has 1 saturated heterocycles. The minimum absolute atomic E-state index is 0.183. The number of carbonyl (C=O) groups is 1. The van der Waals surface area contributed by atoms with Crippen LogP contribution in [0.4, 0.5) is 0 Å². The lowest BCUT2D eigenvalue weighted by Crippen LogP contribution is -2.18. The third-order valence-electron chi connectivity index (χ3n) is 2.93. The molecule has 0 saturated carbocycles. The molecule has 0 spiro atoms. The third-order valence-corrected chi connectivity index (χ3v) is 2.93. The van der Waals surface area contributed by atoms with Crippen molar-refractivity contribution in [2.45, 2.75) is 6.23 Å². The summed E-state index contributed by atoms with van der Waals surface area (Å²) in [6.45, 7) is 0. The predicted molar refractivity (Wildman–Crippen MR) is 72.8 cm³/mol. The van der Waals surface area contributed by atoms with Crippen LogP contribution in [0.1, 0.15) is 17.4 Å². The fraction of sp³-hybridized carbons (Fsp3) is 0.0625. The molecule has 0 aliphatic carbocycles. The first-order valence-corrected chi connectivity index (χ1v) is 6.12. The Morgan fingerprint density at radius 2 is 1.58 bits per heavy atom. The van der Waals surface area contributed by atoms with Crippen molar-refractivity contribution in [3.05, 3.63) is 77.5 Å². The van der Waals surface area contributed by atoms with Crippen LogP contribution in [0.15, 0.2) is 66.4 Å². The number of rotatable bonds is 2. The Bertz CT molecular complexity index is 605. The van der Waals surface area contributed by atoms with Gasteiger partial charge in [0.25, 0.3) is 5.91 Å². The molecule has 3 nitrogen and oxygen atoms in total. The molecule has 1 aliphatic rings. The lowest BCUT2D eigenvalue weighted by Gasteiger charge is -2.09. The molecule has 1 amide bonds. The van der Waals surface area contributed by atoms with Crippen molar-refractivity contribution < 1.29 is 9.53 Å². The molecule has 2 aromatic carbocycles. The molecule has 1 unspecified atom stereocenters. The molecular weight excluding hydrogens is 238 g/mol. The fourth-order valence-corrected chi connectivity index (χ4v) is 1.98. The lowest BCUT2D eigenvalue weighted by atomic mass is 10.2. The largest absolute Gasteiger partial charge is 0.461 e. The van der Waals surface area contributed by atoms with Gasteiger partial charge in [-0.3, -0.25) is 4.79 Å². The molecule has 0 bridgehead atoms. The molecule has 1 N–H and O–H groups in total. The molecular formula is C16H13NO2. The Morgan fingerprint density at radius 1 is 0.947 bits per heavy atom. The van der Waals surface area contributed by atoms with Crippen LogP contribution < -0.4 is 5.32 Å². The molecule has 1 heterocycles. The number of hydrogen-bond acceptors (Lipinski definition) is 2. The Kier molecular flexibility index (Phi) is 3.02. The van der Waals surface area contributed by atoms with Crippen molar-refractivity contribution in [1.82, 2.24) is 5.32 Å². The first-order chi connectivity index (χ1) is 9.33. The van der Waals surface area contributed by atoms with Gasteiger partial charge in [0.05, 0.1) is 0 Å². The average Bonchev–Trinajstić information content (AvgIpc) is 2.82. The second kappa shape index (κ2) is 4.98. The number of ether oxygens (including phenoxy) is 1. The topological polar surface area (TPSA) is 38.3 Å². The summed E-state index contributed by atoms with van der Waals surface area (Å²) < 4.78 is 5.66. The van der Waals surface area contributed by atoms with Gasteiger partial charge in [0.15, 0.2) is 12.0 Å². The zero-order chi connectivity index (χ0) is 13.1. The minimum atomic E-state index is -0.399. The maximum absolute atomic E-state index is 11.9. The van der Waals surface area contributed by atoms with E-state index in [9.17, 15) is 4.79 Å². The van der Waals surface area contributed by atoms with E-state index < -0.39 is 6.23 Å². The monoisotopic (exact) mass is 251 g/mol. The van der Waals surface area contributed by atoms with Gasteiger partial charge in [0.2, 0.25) is 0 Å². The number of nitrogens with one attached hydrogen (secondary N) is 1. The van der Waals surface area contributed by atoms with E-state index in [1.807, 2.05) is 60.7 Å². The zero-order valence-corrected chi connectivity index (χ0v) is 10.2. The van der Waals surface area contributed by atoms with Gasteiger partial charge < -0.3 is 10.1 Å². The Labute approximate surface area is 111 Å². The molecule has 1 atom stereocenters. The first-order valence-electron chi connectivity index (χ1n) is 6.12. The summed E-state index contributed by atoms with van der Waals surface area (Å²) in [7, 11) is 0. The van der Waals surface area contributed by atoms with Gasteiger partial charge in [-0.05, 0) is 11.6 Å². The molecule has 19 heavy (non-hydrogen) atoms. The maximum atomic E-state index is 11.9. The van der Waals surface area contributed by atoms with Crippen LogP contribution in [0, 0.1) is 0 Å². The van der Waals surface area contributed by atoms with Gasteiger partial charge in [0, 0.05) is 5.56 Å². The van der Waals surface area contributed by atoms with Crippen molar-refractivity contribution in [1.29, 1.82) is 0 Å². The van der Waals surface area contributed by atoms with E-state index >= 15 is 0 Å². The number of carbonyl (C=O) groups excluding carboxylic acids is 1. The summed E-state index contributed by atoms with van der Waals surface area (Å²) in [4.78, 5) is 11.9. The second-order valence-electron chi connectivity index (χ2n) is 4.30. The first kappa shape index (κ1) is 11.5. The summed E-state index contributed by atoms with van der Waals surface area (Å²) in [6.07, 6.45) is 1.35. The number of amides is 1. The molecule has 3 rings (SSSR count). The summed E-state index contributed by atoms with van der Waals surface area (Å²) in [5, 5.41) is 2.81. The molecule has 94 valence electrons. The zero-order valence-electron chi connectivity index (χ0n) is 10.2. The Hall–Kier alpha value is -2.55. The summed E-state index contributed by atoms with van der Waals surface area (Å²) in [6, 6.07) is 19.3. The van der Waals surface area contributed by atoms with E-state index in [2.05, 4.69) is 5.32 Å². The van der Waals surface area contributed by atoms with Crippen LogP contribution >= 0.6 is 0 Å². The van der Waals surface area contributed by atoms with Crippen molar-refractivity contribution >= 4 is 12.0 Å².